The third kappa shape index (κ3) is 45.3. The first-order valence-corrected chi connectivity index (χ1v) is 25.4. The lowest BCUT2D eigenvalue weighted by Crippen LogP contribution is -2.29. The first kappa shape index (κ1) is 58.4. The minimum Gasteiger partial charge on any atom is -0.462 e. The summed E-state index contributed by atoms with van der Waals surface area (Å²) in [6, 6.07) is 0. The third-order valence-corrected chi connectivity index (χ3v) is 10.8. The summed E-state index contributed by atoms with van der Waals surface area (Å²) >= 11 is 0. The van der Waals surface area contributed by atoms with Crippen molar-refractivity contribution in [2.24, 2.45) is 0 Å². The molecule has 0 saturated heterocycles. The fraction of sp³-hybridized carbons (Fsp3) is 0.720. The van der Waals surface area contributed by atoms with Gasteiger partial charge in [-0.1, -0.05) is 170 Å². The summed E-state index contributed by atoms with van der Waals surface area (Å²) in [5.74, 6) is -1.03. The quantitative estimate of drug-likeness (QED) is 0.0234. The lowest BCUT2D eigenvalue weighted by Gasteiger charge is -2.20. The fourth-order valence-electron chi connectivity index (χ4n) is 6.18. The van der Waals surface area contributed by atoms with Crippen molar-refractivity contribution >= 4 is 19.8 Å². The number of allylic oxidation sites excluding steroid dienone is 12. The topological polar surface area (TPSA) is 149 Å². The molecular weight excluding hydrogens is 792 g/mol. The average Bonchev–Trinajstić information content (AvgIpc) is 3.25. The molecule has 0 heterocycles. The van der Waals surface area contributed by atoms with E-state index in [1.165, 1.54) is 89.9 Å². The van der Waals surface area contributed by atoms with Crippen LogP contribution in [0.3, 0.4) is 0 Å². The van der Waals surface area contributed by atoms with Crippen molar-refractivity contribution in [3.05, 3.63) is 72.9 Å². The molecule has 61 heavy (non-hydrogen) atoms. The molecule has 3 atom stereocenters. The lowest BCUT2D eigenvalue weighted by atomic mass is 10.0. The molecule has 0 aromatic rings. The van der Waals surface area contributed by atoms with E-state index in [2.05, 4.69) is 91.3 Å². The van der Waals surface area contributed by atoms with E-state index in [1.54, 1.807) is 0 Å². The highest BCUT2D eigenvalue weighted by Gasteiger charge is 2.27. The number of phosphoric ester groups is 1. The molecule has 0 aliphatic rings. The molecule has 0 aliphatic heterocycles. The van der Waals surface area contributed by atoms with Crippen molar-refractivity contribution in [1.29, 1.82) is 0 Å². The molecule has 1 unspecified atom stereocenters. The van der Waals surface area contributed by atoms with E-state index in [1.807, 2.05) is 0 Å². The number of carbonyl (C=O) groups excluding carboxylic acids is 2. The molecule has 0 rings (SSSR count). The summed E-state index contributed by atoms with van der Waals surface area (Å²) in [7, 11) is -4.64. The minimum atomic E-state index is -4.64. The molecule has 3 N–H and O–H groups in total. The highest BCUT2D eigenvalue weighted by molar-refractivity contribution is 7.47. The maximum atomic E-state index is 12.6. The number of aliphatic hydroxyl groups excluding tert-OH is 2. The van der Waals surface area contributed by atoms with Gasteiger partial charge < -0.3 is 24.6 Å². The molecular formula is C50H87O10P. The van der Waals surface area contributed by atoms with E-state index >= 15 is 0 Å². The van der Waals surface area contributed by atoms with Gasteiger partial charge >= 0.3 is 19.8 Å². The van der Waals surface area contributed by atoms with Gasteiger partial charge in [-0.25, -0.2) is 4.57 Å². The molecule has 0 spiro atoms. The maximum absolute atomic E-state index is 12.6. The molecule has 352 valence electrons. The highest BCUT2D eigenvalue weighted by atomic mass is 31.2. The molecule has 11 heteroatoms. The average molecular weight is 879 g/mol. The maximum Gasteiger partial charge on any atom is 0.472 e. The molecule has 0 bridgehead atoms. The summed E-state index contributed by atoms with van der Waals surface area (Å²) in [5.41, 5.74) is 0. The zero-order valence-electron chi connectivity index (χ0n) is 38.4. The lowest BCUT2D eigenvalue weighted by molar-refractivity contribution is -0.161. The van der Waals surface area contributed by atoms with Crippen LogP contribution in [-0.4, -0.2) is 65.7 Å². The molecule has 0 radical (unpaired) electrons. The number of esters is 2. The van der Waals surface area contributed by atoms with Crippen molar-refractivity contribution in [2.45, 2.75) is 206 Å². The summed E-state index contributed by atoms with van der Waals surface area (Å²) in [4.78, 5) is 35.0. The predicted octanol–water partition coefficient (Wildman–Crippen LogP) is 13.2. The van der Waals surface area contributed by atoms with Gasteiger partial charge in [-0.3, -0.25) is 18.6 Å². The van der Waals surface area contributed by atoms with Crippen LogP contribution in [0.15, 0.2) is 72.9 Å². The van der Waals surface area contributed by atoms with Gasteiger partial charge in [0.15, 0.2) is 6.10 Å². The van der Waals surface area contributed by atoms with Crippen LogP contribution in [0.25, 0.3) is 0 Å². The van der Waals surface area contributed by atoms with Gasteiger partial charge in [-0.15, -0.1) is 0 Å². The Morgan fingerprint density at radius 1 is 0.508 bits per heavy atom. The normalized spacial score (nSPS) is 14.4. The first-order chi connectivity index (χ1) is 29.7. The van der Waals surface area contributed by atoms with Gasteiger partial charge in [0.2, 0.25) is 0 Å². The molecule has 0 aliphatic carbocycles. The predicted molar refractivity (Wildman–Crippen MR) is 251 cm³/mol. The monoisotopic (exact) mass is 879 g/mol. The number of unbranched alkanes of at least 4 members (excludes halogenated alkanes) is 18. The summed E-state index contributed by atoms with van der Waals surface area (Å²) in [6.45, 7) is 2.18. The van der Waals surface area contributed by atoms with Crippen molar-refractivity contribution < 1.29 is 47.8 Å². The van der Waals surface area contributed by atoms with Crippen molar-refractivity contribution in [3.63, 3.8) is 0 Å². The van der Waals surface area contributed by atoms with E-state index in [4.69, 9.17) is 19.1 Å². The number of carbonyl (C=O) groups is 2. The zero-order valence-corrected chi connectivity index (χ0v) is 39.3. The Morgan fingerprint density at radius 2 is 0.934 bits per heavy atom. The smallest absolute Gasteiger partial charge is 0.462 e. The first-order valence-electron chi connectivity index (χ1n) is 23.9. The van der Waals surface area contributed by atoms with Crippen molar-refractivity contribution in [2.75, 3.05) is 26.4 Å². The largest absolute Gasteiger partial charge is 0.472 e. The Labute approximate surface area is 371 Å². The Bertz CT molecular complexity index is 1240. The van der Waals surface area contributed by atoms with Gasteiger partial charge in [-0.05, 0) is 83.5 Å². The van der Waals surface area contributed by atoms with Gasteiger partial charge in [-0.2, -0.15) is 0 Å². The summed E-state index contributed by atoms with van der Waals surface area (Å²) < 4.78 is 32.7. The molecule has 0 saturated carbocycles. The molecule has 0 aromatic heterocycles. The fourth-order valence-corrected chi connectivity index (χ4v) is 6.97. The summed E-state index contributed by atoms with van der Waals surface area (Å²) in [5, 5.41) is 18.4. The second-order valence-electron chi connectivity index (χ2n) is 15.7. The Balaban J connectivity index is 4.30. The van der Waals surface area contributed by atoms with Crippen LogP contribution in [0.4, 0.5) is 0 Å². The number of phosphoric acid groups is 1. The van der Waals surface area contributed by atoms with Crippen LogP contribution < -0.4 is 0 Å². The molecule has 0 aromatic carbocycles. The zero-order chi connectivity index (χ0) is 44.8. The molecule has 10 nitrogen and oxygen atoms in total. The van der Waals surface area contributed by atoms with Gasteiger partial charge in [0.25, 0.3) is 0 Å². The minimum absolute atomic E-state index is 0.121. The number of rotatable bonds is 44. The Kier molecular flexibility index (Phi) is 43.5. The van der Waals surface area contributed by atoms with E-state index in [0.29, 0.717) is 12.8 Å². The second kappa shape index (κ2) is 45.4. The van der Waals surface area contributed by atoms with Crippen LogP contribution in [0.1, 0.15) is 194 Å². The van der Waals surface area contributed by atoms with E-state index in [9.17, 15) is 24.2 Å². The molecule has 0 fully saturated rings. The molecule has 0 amide bonds. The van der Waals surface area contributed by atoms with Crippen molar-refractivity contribution in [1.82, 2.24) is 0 Å². The summed E-state index contributed by atoms with van der Waals surface area (Å²) in [6.07, 6.45) is 53.2. The number of ether oxygens (including phenoxy) is 2. The van der Waals surface area contributed by atoms with Crippen LogP contribution in [0.5, 0.6) is 0 Å². The van der Waals surface area contributed by atoms with E-state index in [-0.39, 0.29) is 19.4 Å². The number of hydrogen-bond donors (Lipinski definition) is 3. The standard InChI is InChI=1S/C50H87O10P/c1-3-5-7-9-11-13-15-17-19-20-21-22-23-24-25-26-28-29-31-33-35-37-39-41-49(53)57-45-48(46-59-61(55,56)58-44-47(52)43-51)60-50(54)42-40-38-36-34-32-30-27-18-16-14-12-10-8-6-4-2/h6,8,12,14,18,26-28,32-35,47-48,51-52H,3-5,7,9-11,13,15-17,19-25,29-31,36-46H2,1-2H3,(H,55,56)/b8-6+,14-12+,27-18+,28-26+,34-32+,35-33+/t47-,48+/m1/s1. The van der Waals surface area contributed by atoms with Gasteiger partial charge in [0, 0.05) is 12.8 Å². The van der Waals surface area contributed by atoms with Crippen LogP contribution in [0, 0.1) is 0 Å². The number of hydrogen-bond acceptors (Lipinski definition) is 9. The van der Waals surface area contributed by atoms with Crippen molar-refractivity contribution in [3.8, 4) is 0 Å². The third-order valence-electron chi connectivity index (χ3n) is 9.82. The second-order valence-corrected chi connectivity index (χ2v) is 17.2. The number of aliphatic hydroxyl groups is 2. The van der Waals surface area contributed by atoms with Crippen LogP contribution in [-0.2, 0) is 32.7 Å². The van der Waals surface area contributed by atoms with E-state index < -0.39 is 51.8 Å². The van der Waals surface area contributed by atoms with E-state index in [0.717, 1.165) is 64.2 Å². The van der Waals surface area contributed by atoms with Crippen LogP contribution in [0.2, 0.25) is 0 Å². The Morgan fingerprint density at radius 3 is 1.48 bits per heavy atom. The SMILES string of the molecule is CC/C=C/C/C=C/C/C=C/C/C=C/CCCCC(=O)O[C@@H](COC(=O)CCC/C=C/CC/C=C/CCCCCCCCCCCCCCCC)COP(=O)(O)OC[C@H](O)CO. The highest BCUT2D eigenvalue weighted by Crippen LogP contribution is 2.43. The van der Waals surface area contributed by atoms with Gasteiger partial charge in [0.1, 0.15) is 12.7 Å². The van der Waals surface area contributed by atoms with Crippen LogP contribution >= 0.6 is 7.82 Å². The van der Waals surface area contributed by atoms with Gasteiger partial charge in [0.05, 0.1) is 19.8 Å². The Hall–Kier alpha value is -2.59.